The molecule has 5 nitrogen and oxygen atoms in total. The first-order valence-electron chi connectivity index (χ1n) is 28.7. The molecule has 0 aromatic carbocycles. The van der Waals surface area contributed by atoms with Gasteiger partial charge in [0.15, 0.2) is 6.10 Å². The Labute approximate surface area is 443 Å². The highest BCUT2D eigenvalue weighted by molar-refractivity contribution is 5.70. The SMILES string of the molecule is CC/C=C\C/C=C\C/C=C\C/C=C\C/C=C\C/C=C\C/C=C\C/C=C\CCCCC(=O)OC(CO)COC(=O)CCCCCCCCCCCCCC/C=C\C/C=C\C/C=C\C/C=C\C/C=C\C/C=C\CC. The van der Waals surface area contributed by atoms with Crippen LogP contribution in [0.2, 0.25) is 0 Å². The first-order valence-corrected chi connectivity index (χ1v) is 28.7. The number of unbranched alkanes of at least 4 members (excludes halogenated alkanes) is 14. The number of carbonyl (C=O) groups excluding carboxylic acids is 2. The van der Waals surface area contributed by atoms with Crippen molar-refractivity contribution in [1.82, 2.24) is 0 Å². The molecule has 1 unspecified atom stereocenters. The van der Waals surface area contributed by atoms with Gasteiger partial charge in [0, 0.05) is 12.8 Å². The lowest BCUT2D eigenvalue weighted by Crippen LogP contribution is -2.28. The zero-order chi connectivity index (χ0) is 52.0. The van der Waals surface area contributed by atoms with Gasteiger partial charge in [-0.2, -0.15) is 0 Å². The van der Waals surface area contributed by atoms with Gasteiger partial charge in [-0.15, -0.1) is 0 Å². The van der Waals surface area contributed by atoms with Gasteiger partial charge in [0.2, 0.25) is 0 Å². The smallest absolute Gasteiger partial charge is 0.306 e. The monoisotopic (exact) mass is 989 g/mol. The lowest BCUT2D eigenvalue weighted by atomic mass is 10.0. The van der Waals surface area contributed by atoms with Crippen molar-refractivity contribution in [3.8, 4) is 0 Å². The van der Waals surface area contributed by atoms with E-state index < -0.39 is 6.10 Å². The van der Waals surface area contributed by atoms with E-state index in [4.69, 9.17) is 9.47 Å². The third-order valence-electron chi connectivity index (χ3n) is 11.5. The highest BCUT2D eigenvalue weighted by Gasteiger charge is 2.16. The number of ether oxygens (including phenoxy) is 2. The van der Waals surface area contributed by atoms with E-state index in [-0.39, 0.29) is 31.6 Å². The van der Waals surface area contributed by atoms with Crippen molar-refractivity contribution in [3.05, 3.63) is 170 Å². The fourth-order valence-corrected chi connectivity index (χ4v) is 7.28. The first-order chi connectivity index (χ1) is 35.6. The number of aliphatic hydroxyl groups is 1. The quantitative estimate of drug-likeness (QED) is 0.0373. The summed E-state index contributed by atoms with van der Waals surface area (Å²) in [6.07, 6.45) is 94.6. The summed E-state index contributed by atoms with van der Waals surface area (Å²) in [5.74, 6) is -0.656. The Kier molecular flexibility index (Phi) is 56.6. The van der Waals surface area contributed by atoms with E-state index in [1.807, 2.05) is 0 Å². The average Bonchev–Trinajstić information content (AvgIpc) is 3.38. The van der Waals surface area contributed by atoms with E-state index >= 15 is 0 Å². The molecule has 0 aromatic heterocycles. The van der Waals surface area contributed by atoms with Gasteiger partial charge in [0.25, 0.3) is 0 Å². The zero-order valence-corrected chi connectivity index (χ0v) is 45.9. The van der Waals surface area contributed by atoms with Gasteiger partial charge < -0.3 is 14.6 Å². The third kappa shape index (κ3) is 57.8. The van der Waals surface area contributed by atoms with Crippen LogP contribution >= 0.6 is 0 Å². The van der Waals surface area contributed by atoms with Crippen LogP contribution in [-0.4, -0.2) is 36.4 Å². The van der Waals surface area contributed by atoms with Gasteiger partial charge in [-0.25, -0.2) is 0 Å². The molecule has 0 radical (unpaired) electrons. The van der Waals surface area contributed by atoms with Crippen LogP contribution in [0.25, 0.3) is 0 Å². The summed E-state index contributed by atoms with van der Waals surface area (Å²) in [4.78, 5) is 24.5. The number of carbonyl (C=O) groups is 2. The van der Waals surface area contributed by atoms with E-state index in [9.17, 15) is 14.7 Å². The minimum Gasteiger partial charge on any atom is -0.462 e. The predicted molar refractivity (Wildman–Crippen MR) is 315 cm³/mol. The molecule has 5 heteroatoms. The van der Waals surface area contributed by atoms with Crippen molar-refractivity contribution in [2.24, 2.45) is 0 Å². The van der Waals surface area contributed by atoms with Gasteiger partial charge in [-0.3, -0.25) is 9.59 Å². The Morgan fingerprint density at radius 3 is 0.861 bits per heavy atom. The number of aliphatic hydroxyl groups excluding tert-OH is 1. The number of hydrogen-bond donors (Lipinski definition) is 1. The Morgan fingerprint density at radius 2 is 0.556 bits per heavy atom. The maximum absolute atomic E-state index is 12.3. The normalized spacial score (nSPS) is 13.5. The molecular weight excluding hydrogens is 885 g/mol. The van der Waals surface area contributed by atoms with Gasteiger partial charge in [-0.1, -0.05) is 248 Å². The molecule has 0 fully saturated rings. The molecule has 0 aliphatic heterocycles. The fraction of sp³-hybridized carbons (Fsp3) is 0.552. The second kappa shape index (κ2) is 60.6. The van der Waals surface area contributed by atoms with Crippen LogP contribution in [0.4, 0.5) is 0 Å². The second-order valence-electron chi connectivity index (χ2n) is 18.2. The predicted octanol–water partition coefficient (Wildman–Crippen LogP) is 19.7. The van der Waals surface area contributed by atoms with Crippen LogP contribution in [0.5, 0.6) is 0 Å². The zero-order valence-electron chi connectivity index (χ0n) is 45.9. The number of hydrogen-bond acceptors (Lipinski definition) is 5. The Morgan fingerprint density at radius 1 is 0.319 bits per heavy atom. The summed E-state index contributed by atoms with van der Waals surface area (Å²) in [7, 11) is 0. The van der Waals surface area contributed by atoms with Crippen molar-refractivity contribution >= 4 is 11.9 Å². The van der Waals surface area contributed by atoms with E-state index in [2.05, 4.69) is 184 Å². The van der Waals surface area contributed by atoms with Gasteiger partial charge in [-0.05, 0) is 128 Å². The van der Waals surface area contributed by atoms with E-state index in [1.54, 1.807) is 0 Å². The number of allylic oxidation sites excluding steroid dienone is 28. The summed E-state index contributed by atoms with van der Waals surface area (Å²) in [5, 5.41) is 9.65. The van der Waals surface area contributed by atoms with Crippen molar-refractivity contribution < 1.29 is 24.2 Å². The van der Waals surface area contributed by atoms with Crippen LogP contribution in [0, 0.1) is 0 Å². The van der Waals surface area contributed by atoms with Crippen molar-refractivity contribution in [2.45, 2.75) is 225 Å². The van der Waals surface area contributed by atoms with Crippen molar-refractivity contribution in [3.63, 3.8) is 0 Å². The minimum absolute atomic E-state index is 0.0963. The van der Waals surface area contributed by atoms with Crippen LogP contribution in [-0.2, 0) is 19.1 Å². The lowest BCUT2D eigenvalue weighted by Gasteiger charge is -2.15. The van der Waals surface area contributed by atoms with E-state index in [0.717, 1.165) is 122 Å². The summed E-state index contributed by atoms with van der Waals surface area (Å²) in [6, 6.07) is 0. The molecule has 0 aromatic rings. The van der Waals surface area contributed by atoms with Crippen LogP contribution in [0.1, 0.15) is 219 Å². The molecule has 1 N–H and O–H groups in total. The average molecular weight is 990 g/mol. The molecular formula is C67H104O5. The minimum atomic E-state index is -0.811. The summed E-state index contributed by atoms with van der Waals surface area (Å²) in [6.45, 7) is 3.86. The highest BCUT2D eigenvalue weighted by Crippen LogP contribution is 2.14. The molecule has 0 saturated carbocycles. The molecule has 0 bridgehead atoms. The Balaban J connectivity index is 3.64. The highest BCUT2D eigenvalue weighted by atomic mass is 16.6. The topological polar surface area (TPSA) is 72.8 Å². The summed E-state index contributed by atoms with van der Waals surface area (Å²) < 4.78 is 10.7. The van der Waals surface area contributed by atoms with E-state index in [0.29, 0.717) is 12.8 Å². The second-order valence-corrected chi connectivity index (χ2v) is 18.2. The standard InChI is InChI=1S/C67H104O5/c1-3-5-7-9-11-13-15-17-19-21-23-25-27-29-31-32-33-34-36-37-39-41-43-45-47-49-51-53-55-57-59-61-66(69)71-64-65(63-68)72-67(70)62-60-58-56-54-52-50-48-46-44-42-40-38-35-30-28-26-24-22-20-18-16-14-12-10-8-6-4-2/h5-8,11-14,17-20,23-26,29-31,33-35,40,42,46,48,52,54,65,68H,3-4,9-10,15-16,21-22,27-28,32,36-39,41,43-45,47,49-51,53,55-64H2,1-2H3/b7-5-,8-6-,13-11-,14-12-,19-17-,20-18-,25-23-,26-24-,31-29-,34-33-,35-30-,42-40-,48-46-,54-52-. The molecule has 0 aliphatic carbocycles. The third-order valence-corrected chi connectivity index (χ3v) is 11.5. The van der Waals surface area contributed by atoms with E-state index in [1.165, 1.54) is 64.2 Å². The molecule has 0 amide bonds. The molecule has 0 spiro atoms. The summed E-state index contributed by atoms with van der Waals surface area (Å²) >= 11 is 0. The fourth-order valence-electron chi connectivity index (χ4n) is 7.28. The molecule has 0 heterocycles. The number of esters is 2. The molecule has 1 atom stereocenters. The van der Waals surface area contributed by atoms with Gasteiger partial charge in [0.1, 0.15) is 6.61 Å². The molecule has 0 rings (SSSR count). The maximum Gasteiger partial charge on any atom is 0.306 e. The lowest BCUT2D eigenvalue weighted by molar-refractivity contribution is -0.161. The maximum atomic E-state index is 12.3. The summed E-state index contributed by atoms with van der Waals surface area (Å²) in [5.41, 5.74) is 0. The van der Waals surface area contributed by atoms with Crippen LogP contribution in [0.3, 0.4) is 0 Å². The largest absolute Gasteiger partial charge is 0.462 e. The Hall–Kier alpha value is -4.74. The molecule has 0 saturated heterocycles. The van der Waals surface area contributed by atoms with Crippen molar-refractivity contribution in [1.29, 1.82) is 0 Å². The van der Waals surface area contributed by atoms with Crippen LogP contribution in [0.15, 0.2) is 170 Å². The molecule has 402 valence electrons. The first kappa shape index (κ1) is 67.3. The van der Waals surface area contributed by atoms with Crippen molar-refractivity contribution in [2.75, 3.05) is 13.2 Å². The van der Waals surface area contributed by atoms with Crippen LogP contribution < -0.4 is 0 Å². The van der Waals surface area contributed by atoms with Gasteiger partial charge >= 0.3 is 11.9 Å². The van der Waals surface area contributed by atoms with Gasteiger partial charge in [0.05, 0.1) is 6.61 Å². The Bertz CT molecular complexity index is 1640. The molecule has 72 heavy (non-hydrogen) atoms. The molecule has 0 aliphatic rings. The number of rotatable bonds is 50.